The highest BCUT2D eigenvalue weighted by Crippen LogP contribution is 2.35. The smallest absolute Gasteiger partial charge is 0.175 e. The number of rotatable bonds is 4. The molecule has 18 heavy (non-hydrogen) atoms. The molecular weight excluding hydrogens is 228 g/mol. The molecule has 0 radical (unpaired) electrons. The first-order valence-corrected chi connectivity index (χ1v) is 6.06. The Morgan fingerprint density at radius 3 is 2.56 bits per heavy atom. The molecule has 0 aliphatic rings. The number of nitrogen functional groups attached to an aromatic ring is 1. The Morgan fingerprint density at radius 2 is 2.00 bits per heavy atom. The Labute approximate surface area is 107 Å². The molecule has 1 atom stereocenters. The Hall–Kier alpha value is -1.97. The van der Waals surface area contributed by atoms with E-state index in [4.69, 9.17) is 15.0 Å². The van der Waals surface area contributed by atoms with Crippen molar-refractivity contribution >= 4 is 5.82 Å². The number of nitrogens with zero attached hydrogens (tertiary/aromatic N) is 1. The van der Waals surface area contributed by atoms with Crippen LogP contribution in [0.4, 0.5) is 5.82 Å². The van der Waals surface area contributed by atoms with Crippen molar-refractivity contribution in [2.75, 3.05) is 12.8 Å². The van der Waals surface area contributed by atoms with Crippen molar-refractivity contribution in [1.29, 1.82) is 0 Å². The second kappa shape index (κ2) is 5.12. The lowest BCUT2D eigenvalue weighted by molar-refractivity contribution is 0.366. The van der Waals surface area contributed by atoms with Crippen LogP contribution in [-0.4, -0.2) is 12.3 Å². The van der Waals surface area contributed by atoms with E-state index in [1.54, 1.807) is 7.11 Å². The molecule has 2 N–H and O–H groups in total. The lowest BCUT2D eigenvalue weighted by Gasteiger charge is -2.08. The van der Waals surface area contributed by atoms with Gasteiger partial charge in [-0.1, -0.05) is 31.1 Å². The van der Waals surface area contributed by atoms with Gasteiger partial charge in [0.25, 0.3) is 0 Å². The standard InChI is InChI=1S/C14H18N2O2/c1-4-9(2)13-12(14(15)16-18-13)10-5-7-11(17-3)8-6-10/h5-9H,4H2,1-3H3,(H2,15,16). The summed E-state index contributed by atoms with van der Waals surface area (Å²) in [5, 5.41) is 3.88. The first kappa shape index (κ1) is 12.5. The highest BCUT2D eigenvalue weighted by Gasteiger charge is 2.19. The number of nitrogens with two attached hydrogens (primary N) is 1. The van der Waals surface area contributed by atoms with Crippen LogP contribution in [0.3, 0.4) is 0 Å². The normalized spacial score (nSPS) is 12.4. The van der Waals surface area contributed by atoms with E-state index < -0.39 is 0 Å². The van der Waals surface area contributed by atoms with Crippen LogP contribution in [0, 0.1) is 0 Å². The van der Waals surface area contributed by atoms with Gasteiger partial charge in [-0.2, -0.15) is 0 Å². The molecule has 0 saturated carbocycles. The van der Waals surface area contributed by atoms with Crippen LogP contribution < -0.4 is 10.5 Å². The Bertz CT molecular complexity index is 517. The largest absolute Gasteiger partial charge is 0.497 e. The molecule has 0 saturated heterocycles. The van der Waals surface area contributed by atoms with Gasteiger partial charge in [-0.25, -0.2) is 0 Å². The number of ether oxygens (including phenoxy) is 1. The predicted molar refractivity (Wildman–Crippen MR) is 71.6 cm³/mol. The topological polar surface area (TPSA) is 61.3 Å². The fourth-order valence-electron chi connectivity index (χ4n) is 1.89. The number of aromatic nitrogens is 1. The summed E-state index contributed by atoms with van der Waals surface area (Å²) in [6.07, 6.45) is 0.984. The van der Waals surface area contributed by atoms with E-state index in [0.717, 1.165) is 29.1 Å². The summed E-state index contributed by atoms with van der Waals surface area (Å²) in [5.74, 6) is 2.40. The molecule has 0 aliphatic heterocycles. The van der Waals surface area contributed by atoms with Gasteiger partial charge in [0.1, 0.15) is 11.5 Å². The van der Waals surface area contributed by atoms with Crippen molar-refractivity contribution in [3.63, 3.8) is 0 Å². The summed E-state index contributed by atoms with van der Waals surface area (Å²) in [6.45, 7) is 4.22. The zero-order chi connectivity index (χ0) is 13.1. The van der Waals surface area contributed by atoms with Crippen molar-refractivity contribution in [3.05, 3.63) is 30.0 Å². The van der Waals surface area contributed by atoms with Gasteiger partial charge in [0.15, 0.2) is 5.82 Å². The highest BCUT2D eigenvalue weighted by atomic mass is 16.5. The van der Waals surface area contributed by atoms with E-state index in [1.165, 1.54) is 0 Å². The molecule has 2 rings (SSSR count). The van der Waals surface area contributed by atoms with Crippen LogP contribution in [-0.2, 0) is 0 Å². The number of hydrogen-bond acceptors (Lipinski definition) is 4. The fraction of sp³-hybridized carbons (Fsp3) is 0.357. The highest BCUT2D eigenvalue weighted by molar-refractivity contribution is 5.76. The van der Waals surface area contributed by atoms with Crippen molar-refractivity contribution < 1.29 is 9.26 Å². The molecule has 2 aromatic rings. The molecule has 1 aromatic carbocycles. The fourth-order valence-corrected chi connectivity index (χ4v) is 1.89. The van der Waals surface area contributed by atoms with Gasteiger partial charge in [0, 0.05) is 5.92 Å². The molecule has 1 aromatic heterocycles. The maximum Gasteiger partial charge on any atom is 0.175 e. The number of benzene rings is 1. The van der Waals surface area contributed by atoms with Gasteiger partial charge in [0.2, 0.25) is 0 Å². The van der Waals surface area contributed by atoms with E-state index in [9.17, 15) is 0 Å². The first-order valence-electron chi connectivity index (χ1n) is 6.06. The Kier molecular flexibility index (Phi) is 3.55. The molecule has 96 valence electrons. The van der Waals surface area contributed by atoms with Crippen LogP contribution in [0.15, 0.2) is 28.8 Å². The lowest BCUT2D eigenvalue weighted by Crippen LogP contribution is -1.94. The maximum atomic E-state index is 5.90. The monoisotopic (exact) mass is 246 g/mol. The SMILES string of the molecule is CCC(C)c1onc(N)c1-c1ccc(OC)cc1. The molecular formula is C14H18N2O2. The van der Waals surface area contributed by atoms with Gasteiger partial charge in [-0.15, -0.1) is 0 Å². The molecule has 1 unspecified atom stereocenters. The van der Waals surface area contributed by atoms with Crippen molar-refractivity contribution in [2.45, 2.75) is 26.2 Å². The zero-order valence-corrected chi connectivity index (χ0v) is 10.9. The van der Waals surface area contributed by atoms with Gasteiger partial charge in [-0.05, 0) is 24.1 Å². The van der Waals surface area contributed by atoms with E-state index >= 15 is 0 Å². The van der Waals surface area contributed by atoms with E-state index in [2.05, 4.69) is 19.0 Å². The summed E-state index contributed by atoms with van der Waals surface area (Å²) in [7, 11) is 1.65. The summed E-state index contributed by atoms with van der Waals surface area (Å²) in [4.78, 5) is 0. The summed E-state index contributed by atoms with van der Waals surface area (Å²) in [6, 6.07) is 7.74. The van der Waals surface area contributed by atoms with Crippen molar-refractivity contribution in [2.24, 2.45) is 0 Å². The second-order valence-corrected chi connectivity index (χ2v) is 4.34. The van der Waals surface area contributed by atoms with Gasteiger partial charge >= 0.3 is 0 Å². The van der Waals surface area contributed by atoms with Crippen LogP contribution >= 0.6 is 0 Å². The van der Waals surface area contributed by atoms with Crippen molar-refractivity contribution in [1.82, 2.24) is 5.16 Å². The van der Waals surface area contributed by atoms with Gasteiger partial charge < -0.3 is 15.0 Å². The third kappa shape index (κ3) is 2.18. The van der Waals surface area contributed by atoms with Gasteiger partial charge in [-0.3, -0.25) is 0 Å². The lowest BCUT2D eigenvalue weighted by atomic mass is 9.97. The summed E-state index contributed by atoms with van der Waals surface area (Å²) < 4.78 is 10.5. The summed E-state index contributed by atoms with van der Waals surface area (Å²) >= 11 is 0. The van der Waals surface area contributed by atoms with Crippen LogP contribution in [0.2, 0.25) is 0 Å². The molecule has 0 amide bonds. The zero-order valence-electron chi connectivity index (χ0n) is 10.9. The van der Waals surface area contributed by atoms with Crippen LogP contribution in [0.1, 0.15) is 31.9 Å². The third-order valence-electron chi connectivity index (χ3n) is 3.18. The van der Waals surface area contributed by atoms with Gasteiger partial charge in [0.05, 0.1) is 12.7 Å². The van der Waals surface area contributed by atoms with E-state index in [0.29, 0.717) is 11.7 Å². The molecule has 4 nitrogen and oxygen atoms in total. The minimum absolute atomic E-state index is 0.298. The number of anilines is 1. The average molecular weight is 246 g/mol. The Morgan fingerprint density at radius 1 is 1.33 bits per heavy atom. The number of hydrogen-bond donors (Lipinski definition) is 1. The molecule has 4 heteroatoms. The molecule has 0 spiro atoms. The van der Waals surface area contributed by atoms with E-state index in [1.807, 2.05) is 24.3 Å². The quantitative estimate of drug-likeness (QED) is 0.897. The minimum atomic E-state index is 0.298. The maximum absolute atomic E-state index is 5.90. The molecule has 1 heterocycles. The molecule has 0 bridgehead atoms. The van der Waals surface area contributed by atoms with Crippen LogP contribution in [0.25, 0.3) is 11.1 Å². The first-order chi connectivity index (χ1) is 8.67. The van der Waals surface area contributed by atoms with Crippen molar-refractivity contribution in [3.8, 4) is 16.9 Å². The van der Waals surface area contributed by atoms with E-state index in [-0.39, 0.29) is 0 Å². The second-order valence-electron chi connectivity index (χ2n) is 4.34. The molecule has 0 aliphatic carbocycles. The average Bonchev–Trinajstić information content (AvgIpc) is 2.80. The number of methoxy groups -OCH3 is 1. The molecule has 0 fully saturated rings. The Balaban J connectivity index is 2.45. The summed E-state index contributed by atoms with van der Waals surface area (Å²) in [5.41, 5.74) is 7.80. The minimum Gasteiger partial charge on any atom is -0.497 e. The third-order valence-corrected chi connectivity index (χ3v) is 3.18. The van der Waals surface area contributed by atoms with Crippen LogP contribution in [0.5, 0.6) is 5.75 Å². The predicted octanol–water partition coefficient (Wildman–Crippen LogP) is 3.45.